The molecule has 2 atom stereocenters. The van der Waals surface area contributed by atoms with Gasteiger partial charge >= 0.3 is 0 Å². The largest absolute Gasteiger partial charge is 0.268 e. The number of sulfonamides is 2. The summed E-state index contributed by atoms with van der Waals surface area (Å²) < 4.78 is 49.8. The first kappa shape index (κ1) is 9.78. The second-order valence-corrected chi connectivity index (χ2v) is 7.41. The lowest BCUT2D eigenvalue weighted by atomic mass is 10.1. The second-order valence-electron chi connectivity index (χ2n) is 3.41. The molecule has 0 aromatic heterocycles. The van der Waals surface area contributed by atoms with Crippen LogP contribution in [-0.4, -0.2) is 27.3 Å². The van der Waals surface area contributed by atoms with Crippen molar-refractivity contribution in [3.8, 4) is 0 Å². The summed E-state index contributed by atoms with van der Waals surface area (Å²) in [4.78, 5) is 0. The molecule has 6 nitrogen and oxygen atoms in total. The molecule has 0 radical (unpaired) electrons. The Labute approximate surface area is 82.5 Å². The molecule has 0 aromatic carbocycles. The lowest BCUT2D eigenvalue weighted by Gasteiger charge is -2.12. The van der Waals surface area contributed by atoms with E-state index in [9.17, 15) is 16.8 Å². The average molecular weight is 238 g/mol. The van der Waals surface area contributed by atoms with Gasteiger partial charge in [0, 0.05) is 5.57 Å². The van der Waals surface area contributed by atoms with Gasteiger partial charge in [-0.2, -0.15) is 0 Å². The molecule has 0 aliphatic carbocycles. The Morgan fingerprint density at radius 2 is 1.29 bits per heavy atom. The van der Waals surface area contributed by atoms with Gasteiger partial charge in [-0.1, -0.05) is 0 Å². The van der Waals surface area contributed by atoms with Gasteiger partial charge in [0.25, 0.3) is 0 Å². The summed E-state index contributed by atoms with van der Waals surface area (Å²) in [6.45, 7) is 2.95. The van der Waals surface area contributed by atoms with Crippen LogP contribution in [0.4, 0.5) is 0 Å². The van der Waals surface area contributed by atoms with Crippen LogP contribution in [-0.2, 0) is 20.0 Å². The van der Waals surface area contributed by atoms with Gasteiger partial charge in [-0.3, -0.25) is 9.44 Å². The van der Waals surface area contributed by atoms with E-state index in [1.165, 1.54) is 13.8 Å². The number of rotatable bonds is 0. The van der Waals surface area contributed by atoms with Gasteiger partial charge in [-0.25, -0.2) is 16.8 Å². The summed E-state index contributed by atoms with van der Waals surface area (Å²) in [5, 5.41) is -1.56. The molecule has 14 heavy (non-hydrogen) atoms. The van der Waals surface area contributed by atoms with Crippen LogP contribution in [0.15, 0.2) is 11.4 Å². The van der Waals surface area contributed by atoms with Gasteiger partial charge in [-0.05, 0) is 13.8 Å². The summed E-state index contributed by atoms with van der Waals surface area (Å²) in [5.74, 6) is 0.116. The summed E-state index contributed by atoms with van der Waals surface area (Å²) in [5.41, 5.74) is 0.407. The first-order chi connectivity index (χ1) is 6.26. The highest BCUT2D eigenvalue weighted by Gasteiger charge is 2.47. The lowest BCUT2D eigenvalue weighted by Crippen LogP contribution is -2.36. The Kier molecular flexibility index (Phi) is 1.70. The van der Waals surface area contributed by atoms with Crippen LogP contribution in [0.25, 0.3) is 0 Å². The van der Waals surface area contributed by atoms with E-state index in [1.807, 2.05) is 0 Å². The van der Waals surface area contributed by atoms with Crippen LogP contribution in [0, 0.1) is 0 Å². The van der Waals surface area contributed by atoms with Crippen LogP contribution < -0.4 is 9.44 Å². The zero-order chi connectivity index (χ0) is 10.7. The average Bonchev–Trinajstić information content (AvgIpc) is 2.32. The molecule has 80 valence electrons. The zero-order valence-electron chi connectivity index (χ0n) is 7.60. The van der Waals surface area contributed by atoms with Crippen molar-refractivity contribution >= 4 is 20.0 Å². The van der Waals surface area contributed by atoms with Crippen molar-refractivity contribution in [3.63, 3.8) is 0 Å². The van der Waals surface area contributed by atoms with E-state index in [0.717, 1.165) is 0 Å². The smallest absolute Gasteiger partial charge is 0.240 e. The highest BCUT2D eigenvalue weighted by atomic mass is 32.2. The fourth-order valence-corrected chi connectivity index (χ4v) is 4.39. The Balaban J connectivity index is 2.52. The molecule has 2 unspecified atom stereocenters. The third kappa shape index (κ3) is 1.07. The molecule has 2 heterocycles. The quantitative estimate of drug-likeness (QED) is 0.557. The molecular formula is C6H10N2O4S2. The molecule has 2 rings (SSSR count). The molecule has 0 spiro atoms. The minimum absolute atomic E-state index is 0.116. The number of nitrogens with one attached hydrogen (secondary N) is 2. The van der Waals surface area contributed by atoms with Crippen molar-refractivity contribution in [1.82, 2.24) is 9.44 Å². The Hall–Kier alpha value is -0.760. The van der Waals surface area contributed by atoms with Crippen molar-refractivity contribution in [2.45, 2.75) is 24.3 Å². The van der Waals surface area contributed by atoms with Gasteiger partial charge in [0.1, 0.15) is 16.3 Å². The summed E-state index contributed by atoms with van der Waals surface area (Å²) in [6.07, 6.45) is 0. The van der Waals surface area contributed by atoms with E-state index >= 15 is 0 Å². The van der Waals surface area contributed by atoms with Crippen LogP contribution in [0.2, 0.25) is 0 Å². The van der Waals surface area contributed by atoms with Crippen LogP contribution in [0.1, 0.15) is 13.8 Å². The standard InChI is InChI=1S/C6H10N2O4S2/c1-3-5-4(2)14(11,12)8-6(5)7-13(3,9)10/h3-4,7-8H,1-2H3. The summed E-state index contributed by atoms with van der Waals surface area (Å²) in [6, 6.07) is 0. The Bertz CT molecular complexity index is 470. The van der Waals surface area contributed by atoms with Gasteiger partial charge in [0.15, 0.2) is 0 Å². The third-order valence-corrected chi connectivity index (χ3v) is 5.93. The molecule has 2 aliphatic rings. The molecule has 0 bridgehead atoms. The first-order valence-electron chi connectivity index (χ1n) is 4.03. The number of hydrogen-bond donors (Lipinski definition) is 2. The SMILES string of the molecule is CC1C2=C(NS1(=O)=O)NS(=O)(=O)C2C. The molecule has 0 saturated heterocycles. The highest BCUT2D eigenvalue weighted by molar-refractivity contribution is 7.92. The predicted molar refractivity (Wildman–Crippen MR) is 50.1 cm³/mol. The van der Waals surface area contributed by atoms with Gasteiger partial charge < -0.3 is 0 Å². The Morgan fingerprint density at radius 1 is 0.929 bits per heavy atom. The molecule has 0 aromatic rings. The van der Waals surface area contributed by atoms with Crippen LogP contribution in [0.5, 0.6) is 0 Å². The topological polar surface area (TPSA) is 92.3 Å². The molecular weight excluding hydrogens is 228 g/mol. The monoisotopic (exact) mass is 238 g/mol. The lowest BCUT2D eigenvalue weighted by molar-refractivity contribution is 0.577. The Morgan fingerprint density at radius 3 is 1.57 bits per heavy atom. The van der Waals surface area contributed by atoms with E-state index in [-0.39, 0.29) is 5.82 Å². The number of hydrogen-bond acceptors (Lipinski definition) is 4. The van der Waals surface area contributed by atoms with E-state index < -0.39 is 30.5 Å². The predicted octanol–water partition coefficient (Wildman–Crippen LogP) is -1.16. The fraction of sp³-hybridized carbons (Fsp3) is 0.667. The first-order valence-corrected chi connectivity index (χ1v) is 7.12. The summed E-state index contributed by atoms with van der Waals surface area (Å²) in [7, 11) is -6.84. The molecule has 2 aliphatic heterocycles. The maximum Gasteiger partial charge on any atom is 0.240 e. The second kappa shape index (κ2) is 2.43. The van der Waals surface area contributed by atoms with Gasteiger partial charge in [0.05, 0.1) is 0 Å². The molecule has 0 saturated carbocycles. The molecule has 2 N–H and O–H groups in total. The van der Waals surface area contributed by atoms with Crippen molar-refractivity contribution in [2.75, 3.05) is 0 Å². The van der Waals surface area contributed by atoms with Crippen molar-refractivity contribution < 1.29 is 16.8 Å². The summed E-state index contributed by atoms with van der Waals surface area (Å²) >= 11 is 0. The highest BCUT2D eigenvalue weighted by Crippen LogP contribution is 2.32. The maximum absolute atomic E-state index is 11.3. The van der Waals surface area contributed by atoms with Crippen molar-refractivity contribution in [1.29, 1.82) is 0 Å². The van der Waals surface area contributed by atoms with Gasteiger partial charge in [-0.15, -0.1) is 0 Å². The molecule has 0 fully saturated rings. The van der Waals surface area contributed by atoms with E-state index in [2.05, 4.69) is 9.44 Å². The van der Waals surface area contributed by atoms with E-state index in [4.69, 9.17) is 0 Å². The van der Waals surface area contributed by atoms with E-state index in [1.54, 1.807) is 0 Å². The van der Waals surface area contributed by atoms with Gasteiger partial charge in [0.2, 0.25) is 20.0 Å². The van der Waals surface area contributed by atoms with Crippen molar-refractivity contribution in [3.05, 3.63) is 11.4 Å². The van der Waals surface area contributed by atoms with Crippen molar-refractivity contribution in [2.24, 2.45) is 0 Å². The van der Waals surface area contributed by atoms with E-state index in [0.29, 0.717) is 5.57 Å². The van der Waals surface area contributed by atoms with Crippen LogP contribution >= 0.6 is 0 Å². The molecule has 0 amide bonds. The normalized spacial score (nSPS) is 37.6. The van der Waals surface area contributed by atoms with Crippen LogP contribution in [0.3, 0.4) is 0 Å². The minimum atomic E-state index is -3.42. The zero-order valence-corrected chi connectivity index (χ0v) is 9.24. The molecule has 8 heteroatoms. The fourth-order valence-electron chi connectivity index (χ4n) is 1.67. The minimum Gasteiger partial charge on any atom is -0.268 e. The third-order valence-electron chi connectivity index (χ3n) is 2.58. The maximum atomic E-state index is 11.3.